The van der Waals surface area contributed by atoms with E-state index in [1.165, 1.54) is 19.3 Å². The number of methoxy groups -OCH3 is 1. The Hall–Kier alpha value is -1.29. The molecule has 1 N–H and O–H groups in total. The third kappa shape index (κ3) is 2.43. The lowest BCUT2D eigenvalue weighted by Gasteiger charge is -2.47. The second-order valence-electron chi connectivity index (χ2n) is 5.35. The van der Waals surface area contributed by atoms with Crippen LogP contribution in [0.5, 0.6) is 5.75 Å². The summed E-state index contributed by atoms with van der Waals surface area (Å²) in [7, 11) is 6.01. The molecule has 0 aliphatic heterocycles. The molecule has 1 aliphatic carbocycles. The molecular weight excluding hydrogens is 226 g/mol. The molecule has 1 aromatic rings. The molecule has 0 radical (unpaired) electrons. The van der Waals surface area contributed by atoms with Crippen molar-refractivity contribution in [1.29, 1.82) is 0 Å². The molecular formula is C14H23N3O. The van der Waals surface area contributed by atoms with Crippen molar-refractivity contribution in [2.75, 3.05) is 33.1 Å². The Kier molecular flexibility index (Phi) is 3.76. The van der Waals surface area contributed by atoms with Gasteiger partial charge in [0.1, 0.15) is 0 Å². The van der Waals surface area contributed by atoms with Crippen molar-refractivity contribution in [3.8, 4) is 5.75 Å². The fourth-order valence-electron chi connectivity index (χ4n) is 2.47. The number of nitrogens with zero attached hydrogens (tertiary/aromatic N) is 2. The molecule has 4 heteroatoms. The molecule has 100 valence electrons. The predicted octanol–water partition coefficient (Wildman–Crippen LogP) is 2.29. The molecule has 1 aromatic heterocycles. The van der Waals surface area contributed by atoms with Gasteiger partial charge in [-0.05, 0) is 46.3 Å². The number of hydrogen-bond acceptors (Lipinski definition) is 4. The van der Waals surface area contributed by atoms with E-state index < -0.39 is 0 Å². The van der Waals surface area contributed by atoms with Crippen LogP contribution in [0.15, 0.2) is 12.3 Å². The summed E-state index contributed by atoms with van der Waals surface area (Å²) in [5.74, 6) is 0.814. The van der Waals surface area contributed by atoms with E-state index in [0.717, 1.165) is 23.7 Å². The van der Waals surface area contributed by atoms with Crippen molar-refractivity contribution in [3.05, 3.63) is 18.0 Å². The van der Waals surface area contributed by atoms with Crippen molar-refractivity contribution in [1.82, 2.24) is 9.88 Å². The highest BCUT2D eigenvalue weighted by molar-refractivity contribution is 5.56. The van der Waals surface area contributed by atoms with E-state index >= 15 is 0 Å². The van der Waals surface area contributed by atoms with Crippen LogP contribution < -0.4 is 10.1 Å². The first-order valence-electron chi connectivity index (χ1n) is 6.49. The van der Waals surface area contributed by atoms with Gasteiger partial charge in [0.05, 0.1) is 19.0 Å². The van der Waals surface area contributed by atoms with E-state index in [1.807, 2.05) is 13.0 Å². The van der Waals surface area contributed by atoms with Crippen LogP contribution in [0, 0.1) is 6.92 Å². The molecule has 4 nitrogen and oxygen atoms in total. The average molecular weight is 249 g/mol. The van der Waals surface area contributed by atoms with Crippen molar-refractivity contribution in [2.45, 2.75) is 31.7 Å². The van der Waals surface area contributed by atoms with Gasteiger partial charge in [-0.3, -0.25) is 4.98 Å². The van der Waals surface area contributed by atoms with Gasteiger partial charge in [0.25, 0.3) is 0 Å². The number of pyridine rings is 1. The number of rotatable bonds is 5. The maximum Gasteiger partial charge on any atom is 0.160 e. The lowest BCUT2D eigenvalue weighted by Crippen LogP contribution is -2.54. The number of hydrogen-bond donors (Lipinski definition) is 1. The van der Waals surface area contributed by atoms with Crippen LogP contribution in [0.3, 0.4) is 0 Å². The first kappa shape index (κ1) is 13.1. The molecule has 0 aromatic carbocycles. The molecule has 1 aliphatic rings. The Bertz CT molecular complexity index is 414. The van der Waals surface area contributed by atoms with Crippen LogP contribution in [0.1, 0.15) is 25.0 Å². The van der Waals surface area contributed by atoms with Crippen LogP contribution in [0.4, 0.5) is 5.69 Å². The maximum absolute atomic E-state index is 5.34. The number of nitrogens with one attached hydrogen (secondary N) is 1. The minimum Gasteiger partial charge on any atom is -0.493 e. The molecule has 2 rings (SSSR count). The Balaban J connectivity index is 2.07. The lowest BCUT2D eigenvalue weighted by molar-refractivity contribution is 0.0738. The summed E-state index contributed by atoms with van der Waals surface area (Å²) in [5, 5.41) is 3.52. The molecule has 0 amide bonds. The first-order chi connectivity index (χ1) is 8.57. The normalized spacial score (nSPS) is 17.4. The third-order valence-corrected chi connectivity index (χ3v) is 4.06. The lowest BCUT2D eigenvalue weighted by atomic mass is 9.75. The van der Waals surface area contributed by atoms with Gasteiger partial charge >= 0.3 is 0 Å². The van der Waals surface area contributed by atoms with Gasteiger partial charge < -0.3 is 15.0 Å². The Morgan fingerprint density at radius 3 is 2.67 bits per heavy atom. The number of likely N-dealkylation sites (N-methyl/N-ethyl adjacent to an activating group) is 1. The van der Waals surface area contributed by atoms with E-state index in [4.69, 9.17) is 4.74 Å². The number of aromatic nitrogens is 1. The van der Waals surface area contributed by atoms with Crippen LogP contribution in [-0.2, 0) is 0 Å². The third-order valence-electron chi connectivity index (χ3n) is 4.06. The summed E-state index contributed by atoms with van der Waals surface area (Å²) in [5.41, 5.74) is 2.35. The van der Waals surface area contributed by atoms with E-state index in [-0.39, 0.29) is 0 Å². The largest absolute Gasteiger partial charge is 0.493 e. The minimum absolute atomic E-state index is 0.308. The van der Waals surface area contributed by atoms with Gasteiger partial charge in [-0.1, -0.05) is 0 Å². The Labute approximate surface area is 109 Å². The Morgan fingerprint density at radius 2 is 2.17 bits per heavy atom. The predicted molar refractivity (Wildman–Crippen MR) is 74.3 cm³/mol. The molecule has 0 saturated heterocycles. The summed E-state index contributed by atoms with van der Waals surface area (Å²) in [6.45, 7) is 2.95. The summed E-state index contributed by atoms with van der Waals surface area (Å²) in [4.78, 5) is 6.59. The van der Waals surface area contributed by atoms with Gasteiger partial charge in [0, 0.05) is 17.8 Å². The molecule has 0 unspecified atom stereocenters. The highest BCUT2D eigenvalue weighted by Crippen LogP contribution is 2.37. The van der Waals surface area contributed by atoms with Crippen molar-refractivity contribution >= 4 is 5.69 Å². The molecule has 0 atom stereocenters. The van der Waals surface area contributed by atoms with E-state index in [0.29, 0.717) is 5.54 Å². The van der Waals surface area contributed by atoms with E-state index in [2.05, 4.69) is 29.3 Å². The summed E-state index contributed by atoms with van der Waals surface area (Å²) in [6.07, 6.45) is 5.63. The van der Waals surface area contributed by atoms with Gasteiger partial charge in [-0.15, -0.1) is 0 Å². The zero-order valence-corrected chi connectivity index (χ0v) is 11.8. The van der Waals surface area contributed by atoms with Gasteiger partial charge in [-0.2, -0.15) is 0 Å². The first-order valence-corrected chi connectivity index (χ1v) is 6.49. The van der Waals surface area contributed by atoms with Gasteiger partial charge in [0.2, 0.25) is 0 Å². The smallest absolute Gasteiger partial charge is 0.160 e. The van der Waals surface area contributed by atoms with Gasteiger partial charge in [0.15, 0.2) is 5.75 Å². The molecule has 1 heterocycles. The fourth-order valence-corrected chi connectivity index (χ4v) is 2.47. The number of aryl methyl sites for hydroxylation is 1. The van der Waals surface area contributed by atoms with E-state index in [1.54, 1.807) is 13.3 Å². The zero-order chi connectivity index (χ0) is 13.2. The SMILES string of the molecule is COc1cnc(C)cc1NCC1(N(C)C)CCC1. The maximum atomic E-state index is 5.34. The summed E-state index contributed by atoms with van der Waals surface area (Å²) < 4.78 is 5.34. The highest BCUT2D eigenvalue weighted by atomic mass is 16.5. The minimum atomic E-state index is 0.308. The molecule has 0 spiro atoms. The summed E-state index contributed by atoms with van der Waals surface area (Å²) >= 11 is 0. The van der Waals surface area contributed by atoms with Crippen LogP contribution in [0.25, 0.3) is 0 Å². The van der Waals surface area contributed by atoms with E-state index in [9.17, 15) is 0 Å². The highest BCUT2D eigenvalue weighted by Gasteiger charge is 2.38. The monoisotopic (exact) mass is 249 g/mol. The standard InChI is InChI=1S/C14H23N3O/c1-11-8-12(13(18-4)9-15-11)16-10-14(17(2)3)6-5-7-14/h8-9H,5-7,10H2,1-4H3,(H,15,16). The van der Waals surface area contributed by atoms with Crippen molar-refractivity contribution in [2.24, 2.45) is 0 Å². The summed E-state index contributed by atoms with van der Waals surface area (Å²) in [6, 6.07) is 2.04. The van der Waals surface area contributed by atoms with Gasteiger partial charge in [-0.25, -0.2) is 0 Å². The van der Waals surface area contributed by atoms with Crippen LogP contribution >= 0.6 is 0 Å². The molecule has 1 fully saturated rings. The average Bonchev–Trinajstić information content (AvgIpc) is 2.27. The second-order valence-corrected chi connectivity index (χ2v) is 5.35. The van der Waals surface area contributed by atoms with Crippen molar-refractivity contribution < 1.29 is 4.74 Å². The molecule has 18 heavy (non-hydrogen) atoms. The zero-order valence-electron chi connectivity index (χ0n) is 11.8. The van der Waals surface area contributed by atoms with Crippen LogP contribution in [0.2, 0.25) is 0 Å². The topological polar surface area (TPSA) is 37.4 Å². The van der Waals surface area contributed by atoms with Crippen LogP contribution in [-0.4, -0.2) is 43.2 Å². The number of ether oxygens (including phenoxy) is 1. The Morgan fingerprint density at radius 1 is 1.44 bits per heavy atom. The number of anilines is 1. The van der Waals surface area contributed by atoms with Crippen molar-refractivity contribution in [3.63, 3.8) is 0 Å². The molecule has 1 saturated carbocycles. The fraction of sp³-hybridized carbons (Fsp3) is 0.643. The molecule has 0 bridgehead atoms. The second kappa shape index (κ2) is 5.14. The quantitative estimate of drug-likeness (QED) is 0.869.